The van der Waals surface area contributed by atoms with Crippen LogP contribution in [0.1, 0.15) is 6.92 Å². The van der Waals surface area contributed by atoms with Crippen LogP contribution in [0.3, 0.4) is 0 Å². The molecule has 0 aliphatic carbocycles. The average molecular weight is 295 g/mol. The third-order valence-corrected chi connectivity index (χ3v) is 1.23. The van der Waals surface area contributed by atoms with Crippen LogP contribution < -0.4 is 5.32 Å². The first-order chi connectivity index (χ1) is 8.48. The van der Waals surface area contributed by atoms with E-state index in [-0.39, 0.29) is 12.6 Å². The van der Waals surface area contributed by atoms with Gasteiger partial charge in [0.25, 0.3) is 0 Å². The zero-order valence-electron chi connectivity index (χ0n) is 15.6. The Morgan fingerprint density at radius 2 is 1.10 bits per heavy atom. The maximum atomic E-state index is 10.4. The van der Waals surface area contributed by atoms with Gasteiger partial charge in [-0.1, -0.05) is 0 Å². The van der Waals surface area contributed by atoms with Gasteiger partial charge >= 0.3 is 0 Å². The molecule has 0 spiro atoms. The van der Waals surface area contributed by atoms with E-state index in [2.05, 4.69) is 33.5 Å². The minimum Gasteiger partial charge on any atom is -0.347 e. The number of nitrogens with zero attached hydrogens (tertiary/aromatic N) is 3. The second kappa shape index (κ2) is 10.1. The van der Waals surface area contributed by atoms with Crippen LogP contribution in [0.25, 0.3) is 0 Å². The quantitative estimate of drug-likeness (QED) is 0.557. The highest BCUT2D eigenvalue weighted by Gasteiger charge is 2.05. The molecule has 6 nitrogen and oxygen atoms in total. The monoisotopic (exact) mass is 295 g/mol. The van der Waals surface area contributed by atoms with Crippen LogP contribution >= 0.6 is 0 Å². The van der Waals surface area contributed by atoms with Crippen molar-refractivity contribution in [2.45, 2.75) is 6.92 Å². The highest BCUT2D eigenvalue weighted by molar-refractivity contribution is 5.72. The summed E-state index contributed by atoms with van der Waals surface area (Å²) in [6.07, 6.45) is 0. The van der Waals surface area contributed by atoms with Crippen molar-refractivity contribution in [3.05, 3.63) is 0 Å². The van der Waals surface area contributed by atoms with Gasteiger partial charge in [-0.05, 0) is 0 Å². The summed E-state index contributed by atoms with van der Waals surface area (Å²) in [4.78, 5) is 10.4. The summed E-state index contributed by atoms with van der Waals surface area (Å²) < 4.78 is 2.39. The van der Waals surface area contributed by atoms with E-state index in [1.165, 1.54) is 6.92 Å². The highest BCUT2D eigenvalue weighted by Crippen LogP contribution is 1.83. The van der Waals surface area contributed by atoms with E-state index in [0.29, 0.717) is 11.2 Å². The number of carbonyl (C=O) groups is 1. The van der Waals surface area contributed by atoms with E-state index in [9.17, 15) is 4.79 Å². The highest BCUT2D eigenvalue weighted by atomic mass is 16.3. The standard InChI is InChI=1S/C6H14N2O.C4H12NO.C4H12N/c1-6(9)7-5-8(2,3)4;1-5(2,3)4-6;1-5(2,3)4/h5H2,1-4H3;6H,4H2,1-3H3;1-4H3/q;2*+1/p+1. The number of aliphatic hydroxyl groups excluding tert-OH is 1. The number of aliphatic hydroxyl groups is 1. The van der Waals surface area contributed by atoms with Gasteiger partial charge in [-0.15, -0.1) is 0 Å². The van der Waals surface area contributed by atoms with Crippen molar-refractivity contribution in [2.75, 3.05) is 83.9 Å². The normalized spacial score (nSPS) is 11.6. The number of hydrogen-bond donors (Lipinski definition) is 2. The molecule has 0 aliphatic rings. The van der Waals surface area contributed by atoms with Crippen LogP contribution in [0.4, 0.5) is 0 Å². The molecule has 6 heteroatoms. The van der Waals surface area contributed by atoms with Gasteiger partial charge < -0.3 is 23.9 Å². The van der Waals surface area contributed by atoms with Crippen molar-refractivity contribution in [1.29, 1.82) is 0 Å². The fraction of sp³-hybridized carbons (Fsp3) is 0.929. The Kier molecular flexibility index (Phi) is 12.3. The lowest BCUT2D eigenvalue weighted by Gasteiger charge is -2.23. The topological polar surface area (TPSA) is 49.3 Å². The molecule has 0 bridgehead atoms. The van der Waals surface area contributed by atoms with Crippen LogP contribution in [-0.2, 0) is 4.79 Å². The molecule has 0 saturated heterocycles. The first kappa shape index (κ1) is 24.3. The summed E-state index contributed by atoms with van der Waals surface area (Å²) in [6.45, 7) is 2.42. The minimum absolute atomic E-state index is 0.0306. The van der Waals surface area contributed by atoms with Gasteiger partial charge in [-0.2, -0.15) is 0 Å². The number of rotatable bonds is 3. The molecule has 124 valence electrons. The number of carbonyl (C=O) groups excluding carboxylic acids is 1. The Labute approximate surface area is 126 Å². The van der Waals surface area contributed by atoms with E-state index in [1.54, 1.807) is 0 Å². The SMILES string of the molecule is CC(=O)NC[N+](C)(C)C.C[N+](C)(C)C.C[N+](C)(C)CO. The largest absolute Gasteiger partial charge is 0.347 e. The molecule has 0 fully saturated rings. The Morgan fingerprint density at radius 3 is 1.15 bits per heavy atom. The number of amides is 1. The lowest BCUT2D eigenvalue weighted by molar-refractivity contribution is -0.889. The summed E-state index contributed by atoms with van der Waals surface area (Å²) in [6, 6.07) is 0. The number of nitrogens with one attached hydrogen (secondary N) is 1. The van der Waals surface area contributed by atoms with Crippen molar-refractivity contribution >= 4 is 5.91 Å². The molecule has 0 radical (unpaired) electrons. The lowest BCUT2D eigenvalue weighted by Crippen LogP contribution is -2.44. The third-order valence-electron chi connectivity index (χ3n) is 1.23. The number of quaternary nitrogens is 3. The Morgan fingerprint density at radius 1 is 0.850 bits per heavy atom. The van der Waals surface area contributed by atoms with Crippen molar-refractivity contribution in [2.24, 2.45) is 0 Å². The molecular weight excluding hydrogens is 256 g/mol. The Balaban J connectivity index is -0.000000230. The fourth-order valence-corrected chi connectivity index (χ4v) is 0.349. The molecule has 0 aromatic rings. The molecule has 1 amide bonds. The summed E-state index contributed by atoms with van der Waals surface area (Å²) in [5.41, 5.74) is 0. The molecule has 0 aromatic carbocycles. The molecule has 0 rings (SSSR count). The lowest BCUT2D eigenvalue weighted by atomic mass is 10.6. The van der Waals surface area contributed by atoms with Gasteiger partial charge in [0.15, 0.2) is 13.4 Å². The van der Waals surface area contributed by atoms with Crippen molar-refractivity contribution in [3.8, 4) is 0 Å². The van der Waals surface area contributed by atoms with Gasteiger partial charge in [0.1, 0.15) is 0 Å². The maximum absolute atomic E-state index is 10.4. The molecular formula is C14H39N4O2+3. The van der Waals surface area contributed by atoms with Crippen LogP contribution in [0.15, 0.2) is 0 Å². The minimum atomic E-state index is 0.0306. The molecule has 0 aliphatic heterocycles. The summed E-state index contributed by atoms with van der Waals surface area (Å²) in [5.74, 6) is 0.0306. The van der Waals surface area contributed by atoms with Gasteiger partial charge in [0.2, 0.25) is 5.91 Å². The molecule has 20 heavy (non-hydrogen) atoms. The molecule has 2 N–H and O–H groups in total. The van der Waals surface area contributed by atoms with Gasteiger partial charge in [-0.25, -0.2) is 0 Å². The second-order valence-electron chi connectivity index (χ2n) is 8.30. The first-order valence-electron chi connectivity index (χ1n) is 6.73. The fourth-order valence-electron chi connectivity index (χ4n) is 0.349. The maximum Gasteiger partial charge on any atom is 0.221 e. The molecule has 0 heterocycles. The molecule has 0 aromatic heterocycles. The average Bonchev–Trinajstić information content (AvgIpc) is 2.11. The van der Waals surface area contributed by atoms with Gasteiger partial charge in [0, 0.05) is 6.92 Å². The van der Waals surface area contributed by atoms with Crippen LogP contribution in [0, 0.1) is 0 Å². The summed E-state index contributed by atoms with van der Waals surface area (Å²) in [7, 11) is 20.4. The predicted octanol–water partition coefficient (Wildman–Crippen LogP) is -0.249. The molecule has 0 atom stereocenters. The van der Waals surface area contributed by atoms with E-state index in [4.69, 9.17) is 5.11 Å². The third kappa shape index (κ3) is 66.7. The number of hydrogen-bond acceptors (Lipinski definition) is 2. The summed E-state index contributed by atoms with van der Waals surface area (Å²) >= 11 is 0. The van der Waals surface area contributed by atoms with E-state index in [1.807, 2.05) is 42.3 Å². The van der Waals surface area contributed by atoms with E-state index < -0.39 is 0 Å². The van der Waals surface area contributed by atoms with Crippen molar-refractivity contribution in [3.63, 3.8) is 0 Å². The Bertz CT molecular complexity index is 241. The summed E-state index contributed by atoms with van der Waals surface area (Å²) in [5, 5.41) is 11.1. The Hall–Kier alpha value is -0.690. The van der Waals surface area contributed by atoms with Crippen LogP contribution in [0.5, 0.6) is 0 Å². The molecule has 0 saturated carbocycles. The first-order valence-corrected chi connectivity index (χ1v) is 6.73. The van der Waals surface area contributed by atoms with Crippen LogP contribution in [-0.4, -0.2) is 108 Å². The van der Waals surface area contributed by atoms with Gasteiger partial charge in [-0.3, -0.25) is 4.79 Å². The smallest absolute Gasteiger partial charge is 0.221 e. The molecule has 0 unspecified atom stereocenters. The zero-order valence-corrected chi connectivity index (χ0v) is 15.6. The van der Waals surface area contributed by atoms with Crippen molar-refractivity contribution < 1.29 is 23.4 Å². The van der Waals surface area contributed by atoms with E-state index in [0.717, 1.165) is 8.97 Å². The second-order valence-corrected chi connectivity index (χ2v) is 8.30. The van der Waals surface area contributed by atoms with Gasteiger partial charge in [0.05, 0.1) is 70.5 Å². The predicted molar refractivity (Wildman–Crippen MR) is 85.8 cm³/mol. The van der Waals surface area contributed by atoms with Crippen LogP contribution in [0.2, 0.25) is 0 Å². The van der Waals surface area contributed by atoms with E-state index >= 15 is 0 Å². The van der Waals surface area contributed by atoms with Crippen molar-refractivity contribution in [1.82, 2.24) is 5.32 Å². The zero-order chi connectivity index (χ0) is 17.2.